The molecular weight excluding hydrogens is 304 g/mol. The molecule has 2 nitrogen and oxygen atoms in total. The molecule has 1 aliphatic rings. The van der Waals surface area contributed by atoms with E-state index >= 15 is 0 Å². The summed E-state index contributed by atoms with van der Waals surface area (Å²) in [5, 5.41) is 0.826. The Balaban J connectivity index is 1.47. The van der Waals surface area contributed by atoms with E-state index in [2.05, 4.69) is 43.3 Å². The van der Waals surface area contributed by atoms with Crippen LogP contribution in [0.1, 0.15) is 23.6 Å². The van der Waals surface area contributed by atoms with E-state index in [0.717, 1.165) is 24.5 Å². The van der Waals surface area contributed by atoms with Gasteiger partial charge in [0.1, 0.15) is 39.3 Å². The maximum Gasteiger partial charge on any atom is 0.127 e. The van der Waals surface area contributed by atoms with Gasteiger partial charge >= 0.3 is 0 Å². The van der Waals surface area contributed by atoms with Crippen molar-refractivity contribution >= 4 is 11.6 Å². The summed E-state index contributed by atoms with van der Waals surface area (Å²) in [5.74, 6) is 0. The number of quaternary nitrogens is 2. The van der Waals surface area contributed by atoms with Gasteiger partial charge in [-0.1, -0.05) is 54.9 Å². The summed E-state index contributed by atoms with van der Waals surface area (Å²) >= 11 is 5.96. The van der Waals surface area contributed by atoms with Gasteiger partial charge in [0.15, 0.2) is 0 Å². The molecule has 1 aliphatic heterocycles. The largest absolute Gasteiger partial charge is 0.322 e. The van der Waals surface area contributed by atoms with Gasteiger partial charge in [0.2, 0.25) is 0 Å². The van der Waals surface area contributed by atoms with Crippen LogP contribution >= 0.6 is 11.6 Å². The quantitative estimate of drug-likeness (QED) is 0.820. The third kappa shape index (κ3) is 4.81. The van der Waals surface area contributed by atoms with E-state index in [1.807, 2.05) is 12.1 Å². The van der Waals surface area contributed by atoms with Gasteiger partial charge in [-0.25, -0.2) is 0 Å². The van der Waals surface area contributed by atoms with Crippen molar-refractivity contribution in [1.82, 2.24) is 0 Å². The Labute approximate surface area is 144 Å². The average molecular weight is 331 g/mol. The van der Waals surface area contributed by atoms with Crippen LogP contribution in [0.3, 0.4) is 0 Å². The molecule has 2 aromatic carbocycles. The van der Waals surface area contributed by atoms with E-state index < -0.39 is 0 Å². The molecule has 0 bridgehead atoms. The van der Waals surface area contributed by atoms with E-state index in [1.165, 1.54) is 42.9 Å². The van der Waals surface area contributed by atoms with Crippen molar-refractivity contribution in [3.05, 3.63) is 70.2 Å². The molecule has 3 rings (SSSR count). The number of hydrogen-bond acceptors (Lipinski definition) is 0. The molecule has 0 saturated carbocycles. The molecule has 2 N–H and O–H groups in total. The van der Waals surface area contributed by atoms with Crippen molar-refractivity contribution in [2.75, 3.05) is 26.2 Å². The highest BCUT2D eigenvalue weighted by atomic mass is 35.5. The van der Waals surface area contributed by atoms with Crippen molar-refractivity contribution in [1.29, 1.82) is 0 Å². The van der Waals surface area contributed by atoms with Crippen LogP contribution in [0.2, 0.25) is 5.02 Å². The van der Waals surface area contributed by atoms with E-state index in [1.54, 1.807) is 9.80 Å². The molecule has 122 valence electrons. The Morgan fingerprint density at radius 3 is 1.52 bits per heavy atom. The molecule has 0 amide bonds. The summed E-state index contributed by atoms with van der Waals surface area (Å²) in [6.45, 7) is 9.53. The second-order valence-corrected chi connectivity index (χ2v) is 7.09. The number of benzene rings is 2. The Hall–Kier alpha value is -1.35. The third-order valence-corrected chi connectivity index (χ3v) is 5.17. The van der Waals surface area contributed by atoms with Gasteiger partial charge in [-0.3, -0.25) is 0 Å². The van der Waals surface area contributed by atoms with Crippen LogP contribution in [0.25, 0.3) is 0 Å². The van der Waals surface area contributed by atoms with Crippen LogP contribution in [-0.4, -0.2) is 26.2 Å². The molecule has 3 heteroatoms. The topological polar surface area (TPSA) is 8.88 Å². The predicted molar refractivity (Wildman–Crippen MR) is 96.1 cm³/mol. The molecule has 1 saturated heterocycles. The summed E-state index contributed by atoms with van der Waals surface area (Å²) in [4.78, 5) is 3.41. The maximum absolute atomic E-state index is 5.96. The number of hydrogen-bond donors (Lipinski definition) is 2. The summed E-state index contributed by atoms with van der Waals surface area (Å²) in [5.41, 5.74) is 4.29. The molecule has 0 atom stereocenters. The lowest BCUT2D eigenvalue weighted by atomic mass is 10.1. The zero-order chi connectivity index (χ0) is 16.1. The predicted octanol–water partition coefficient (Wildman–Crippen LogP) is 1.39. The summed E-state index contributed by atoms with van der Waals surface area (Å²) < 4.78 is 0. The summed E-state index contributed by atoms with van der Waals surface area (Å²) in [6.07, 6.45) is 1.12. The number of aryl methyl sites for hydroxylation is 1. The molecule has 0 aromatic heterocycles. The van der Waals surface area contributed by atoms with Crippen LogP contribution in [0.15, 0.2) is 48.5 Å². The second-order valence-electron chi connectivity index (χ2n) is 6.65. The molecule has 23 heavy (non-hydrogen) atoms. The molecule has 1 fully saturated rings. The summed E-state index contributed by atoms with van der Waals surface area (Å²) in [7, 11) is 0. The highest BCUT2D eigenvalue weighted by Gasteiger charge is 2.22. The minimum atomic E-state index is 0.826. The first-order valence-electron chi connectivity index (χ1n) is 8.72. The highest BCUT2D eigenvalue weighted by molar-refractivity contribution is 6.30. The lowest BCUT2D eigenvalue weighted by Gasteiger charge is -2.29. The molecular formula is C20H27ClN2+2. The zero-order valence-corrected chi connectivity index (χ0v) is 14.7. The van der Waals surface area contributed by atoms with Crippen molar-refractivity contribution in [2.45, 2.75) is 26.4 Å². The van der Waals surface area contributed by atoms with Crippen LogP contribution in [0, 0.1) is 0 Å². The fraction of sp³-hybridized carbons (Fsp3) is 0.400. The monoisotopic (exact) mass is 330 g/mol. The van der Waals surface area contributed by atoms with Crippen LogP contribution < -0.4 is 9.80 Å². The van der Waals surface area contributed by atoms with Crippen molar-refractivity contribution in [3.63, 3.8) is 0 Å². The number of piperazine rings is 1. The Morgan fingerprint density at radius 2 is 1.09 bits per heavy atom. The van der Waals surface area contributed by atoms with Crippen molar-refractivity contribution in [3.8, 4) is 0 Å². The van der Waals surface area contributed by atoms with E-state index in [0.29, 0.717) is 0 Å². The van der Waals surface area contributed by atoms with Gasteiger partial charge in [-0.05, 0) is 24.1 Å². The molecule has 0 radical (unpaired) electrons. The van der Waals surface area contributed by atoms with Crippen LogP contribution in [-0.2, 0) is 19.5 Å². The van der Waals surface area contributed by atoms with E-state index in [-0.39, 0.29) is 0 Å². The molecule has 0 spiro atoms. The van der Waals surface area contributed by atoms with Gasteiger partial charge in [0.05, 0.1) is 0 Å². The molecule has 0 unspecified atom stereocenters. The van der Waals surface area contributed by atoms with Gasteiger partial charge in [0, 0.05) is 16.1 Å². The van der Waals surface area contributed by atoms with Crippen molar-refractivity contribution in [2.24, 2.45) is 0 Å². The highest BCUT2D eigenvalue weighted by Crippen LogP contribution is 2.08. The number of rotatable bonds is 5. The lowest BCUT2D eigenvalue weighted by Crippen LogP contribution is -3.27. The van der Waals surface area contributed by atoms with Crippen LogP contribution in [0.5, 0.6) is 0 Å². The SMILES string of the molecule is CCc1ccc(C[NH+]2CC[NH+](Cc3ccc(Cl)cc3)CC2)cc1. The van der Waals surface area contributed by atoms with Crippen molar-refractivity contribution < 1.29 is 9.80 Å². The van der Waals surface area contributed by atoms with E-state index in [4.69, 9.17) is 11.6 Å². The fourth-order valence-electron chi connectivity index (χ4n) is 3.38. The average Bonchev–Trinajstić information content (AvgIpc) is 2.59. The first kappa shape index (κ1) is 16.5. The molecule has 0 aliphatic carbocycles. The number of nitrogens with one attached hydrogen (secondary N) is 2. The van der Waals surface area contributed by atoms with Gasteiger partial charge in [-0.2, -0.15) is 0 Å². The fourth-order valence-corrected chi connectivity index (χ4v) is 3.51. The number of halogens is 1. The maximum atomic E-state index is 5.96. The molecule has 2 aromatic rings. The second kappa shape index (κ2) is 7.96. The minimum Gasteiger partial charge on any atom is -0.322 e. The lowest BCUT2D eigenvalue weighted by molar-refractivity contribution is -1.02. The third-order valence-electron chi connectivity index (χ3n) is 4.92. The molecule has 1 heterocycles. The zero-order valence-electron chi connectivity index (χ0n) is 13.9. The smallest absolute Gasteiger partial charge is 0.127 e. The standard InChI is InChI=1S/C20H25ClN2/c1-2-17-3-5-18(6-4-17)15-22-11-13-23(14-12-22)16-19-7-9-20(21)10-8-19/h3-10H,2,11-16H2,1H3/p+2. The van der Waals surface area contributed by atoms with Gasteiger partial charge in [0.25, 0.3) is 0 Å². The Kier molecular flexibility index (Phi) is 5.71. The first-order chi connectivity index (χ1) is 11.2. The Morgan fingerprint density at radius 1 is 0.696 bits per heavy atom. The first-order valence-corrected chi connectivity index (χ1v) is 9.10. The van der Waals surface area contributed by atoms with Gasteiger partial charge < -0.3 is 9.80 Å². The Bertz CT molecular complexity index is 599. The van der Waals surface area contributed by atoms with Crippen LogP contribution in [0.4, 0.5) is 0 Å². The minimum absolute atomic E-state index is 0.826. The van der Waals surface area contributed by atoms with Gasteiger partial charge in [-0.15, -0.1) is 0 Å². The van der Waals surface area contributed by atoms with E-state index in [9.17, 15) is 0 Å². The normalized spacial score (nSPS) is 21.3. The summed E-state index contributed by atoms with van der Waals surface area (Å²) in [6, 6.07) is 17.5.